The van der Waals surface area contributed by atoms with Crippen LogP contribution in [0.3, 0.4) is 0 Å². The summed E-state index contributed by atoms with van der Waals surface area (Å²) in [5, 5.41) is 5.25. The lowest BCUT2D eigenvalue weighted by Crippen LogP contribution is -2.23. The normalized spacial score (nSPS) is 11.2. The Hall–Kier alpha value is -2.49. The van der Waals surface area contributed by atoms with E-state index in [1.165, 1.54) is 12.1 Å². The number of hydrogen-bond donors (Lipinski definition) is 2. The van der Waals surface area contributed by atoms with Crippen LogP contribution in [0.1, 0.15) is 17.7 Å². The number of thiazole rings is 1. The number of nitrogens with one attached hydrogen (secondary N) is 2. The third kappa shape index (κ3) is 5.99. The molecule has 0 spiro atoms. The van der Waals surface area contributed by atoms with Crippen molar-refractivity contribution in [1.29, 1.82) is 0 Å². The largest absolute Gasteiger partial charge is 0.352 e. The monoisotopic (exact) mass is 453 g/mol. The fourth-order valence-corrected chi connectivity index (χ4v) is 4.62. The van der Waals surface area contributed by atoms with Gasteiger partial charge in [0, 0.05) is 23.4 Å². The second-order valence-corrected chi connectivity index (χ2v) is 9.02. The van der Waals surface area contributed by atoms with Crippen molar-refractivity contribution in [3.05, 3.63) is 76.0 Å². The quantitative estimate of drug-likeness (QED) is 0.540. The van der Waals surface area contributed by atoms with E-state index >= 15 is 0 Å². The van der Waals surface area contributed by atoms with Crippen LogP contribution in [-0.4, -0.2) is 19.3 Å². The van der Waals surface area contributed by atoms with Gasteiger partial charge < -0.3 is 5.32 Å². The highest BCUT2D eigenvalue weighted by Crippen LogP contribution is 2.21. The minimum Gasteiger partial charge on any atom is -0.352 e. The zero-order valence-electron chi connectivity index (χ0n) is 15.1. The predicted molar refractivity (Wildman–Crippen MR) is 111 cm³/mol. The van der Waals surface area contributed by atoms with E-state index in [9.17, 15) is 17.6 Å². The van der Waals surface area contributed by atoms with E-state index in [0.717, 1.165) is 29.0 Å². The fourth-order valence-electron chi connectivity index (χ4n) is 2.42. The van der Waals surface area contributed by atoms with Crippen molar-refractivity contribution in [3.63, 3.8) is 0 Å². The highest BCUT2D eigenvalue weighted by molar-refractivity contribution is 7.93. The first kappa shape index (κ1) is 21.2. The van der Waals surface area contributed by atoms with Gasteiger partial charge in [-0.25, -0.2) is 17.8 Å². The summed E-state index contributed by atoms with van der Waals surface area (Å²) in [6.07, 6.45) is 0.571. The first-order valence-corrected chi connectivity index (χ1v) is 11.3. The molecular weight excluding hydrogens is 437 g/mol. The van der Waals surface area contributed by atoms with Gasteiger partial charge in [-0.05, 0) is 42.3 Å². The Labute approximate surface area is 176 Å². The van der Waals surface area contributed by atoms with Crippen LogP contribution < -0.4 is 10.0 Å². The van der Waals surface area contributed by atoms with Crippen molar-refractivity contribution < 1.29 is 17.6 Å². The van der Waals surface area contributed by atoms with Crippen LogP contribution in [0.15, 0.2) is 58.8 Å². The van der Waals surface area contributed by atoms with Crippen LogP contribution in [0.2, 0.25) is 5.02 Å². The van der Waals surface area contributed by atoms with Crippen molar-refractivity contribution in [2.24, 2.45) is 0 Å². The van der Waals surface area contributed by atoms with E-state index in [2.05, 4.69) is 15.0 Å². The van der Waals surface area contributed by atoms with Crippen molar-refractivity contribution in [1.82, 2.24) is 10.3 Å². The molecule has 0 aliphatic carbocycles. The van der Waals surface area contributed by atoms with Crippen LogP contribution in [0, 0.1) is 5.82 Å². The number of amides is 1. The van der Waals surface area contributed by atoms with Crippen LogP contribution in [0.25, 0.3) is 0 Å². The molecule has 1 heterocycles. The molecular formula is C19H17ClFN3O3S2. The summed E-state index contributed by atoms with van der Waals surface area (Å²) in [4.78, 5) is 16.2. The number of hydrogen-bond acceptors (Lipinski definition) is 5. The molecule has 0 bridgehead atoms. The van der Waals surface area contributed by atoms with Crippen LogP contribution >= 0.6 is 22.9 Å². The van der Waals surface area contributed by atoms with Gasteiger partial charge in [-0.3, -0.25) is 9.52 Å². The summed E-state index contributed by atoms with van der Waals surface area (Å²) in [6.45, 7) is 0.332. The first-order chi connectivity index (χ1) is 13.8. The third-order valence-corrected chi connectivity index (χ3v) is 6.60. The Morgan fingerprint density at radius 3 is 2.59 bits per heavy atom. The lowest BCUT2D eigenvalue weighted by Gasteiger charge is -2.06. The standard InChI is InChI=1S/C19H17ClFN3O3S2/c20-17-4-2-1-3-13(17)11-22-18(25)10-7-15-12-28-19(23-15)24-29(26,27)16-8-5-14(21)6-9-16/h1-6,8-9,12H,7,10-11H2,(H,22,25)(H,23,24). The summed E-state index contributed by atoms with van der Waals surface area (Å²) < 4.78 is 39.9. The van der Waals surface area contributed by atoms with Crippen LogP contribution in [-0.2, 0) is 27.8 Å². The minimum absolute atomic E-state index is 0.0606. The molecule has 0 saturated heterocycles. The van der Waals surface area contributed by atoms with E-state index in [0.29, 0.717) is 23.7 Å². The lowest BCUT2D eigenvalue weighted by molar-refractivity contribution is -0.121. The molecule has 2 N–H and O–H groups in total. The maximum absolute atomic E-state index is 13.0. The van der Waals surface area contributed by atoms with E-state index in [-0.39, 0.29) is 22.4 Å². The molecule has 0 fully saturated rings. The number of aromatic nitrogens is 1. The van der Waals surface area contributed by atoms with Gasteiger partial charge in [0.05, 0.1) is 10.6 Å². The molecule has 0 saturated carbocycles. The Bertz CT molecular complexity index is 1100. The zero-order valence-corrected chi connectivity index (χ0v) is 17.5. The molecule has 0 unspecified atom stereocenters. The van der Waals surface area contributed by atoms with Crippen LogP contribution in [0.4, 0.5) is 9.52 Å². The summed E-state index contributed by atoms with van der Waals surface area (Å²) >= 11 is 7.17. The Morgan fingerprint density at radius 1 is 1.14 bits per heavy atom. The van der Waals surface area contributed by atoms with Gasteiger partial charge in [0.1, 0.15) is 5.82 Å². The molecule has 0 atom stereocenters. The molecule has 29 heavy (non-hydrogen) atoms. The van der Waals surface area contributed by atoms with Gasteiger partial charge in [0.15, 0.2) is 5.13 Å². The van der Waals surface area contributed by atoms with E-state index in [1.54, 1.807) is 11.4 Å². The van der Waals surface area contributed by atoms with Crippen molar-refractivity contribution in [2.45, 2.75) is 24.3 Å². The predicted octanol–water partition coefficient (Wildman–Crippen LogP) is 3.99. The fraction of sp³-hybridized carbons (Fsp3) is 0.158. The summed E-state index contributed by atoms with van der Waals surface area (Å²) in [5.74, 6) is -0.681. The molecule has 1 amide bonds. The number of carbonyl (C=O) groups excluding carboxylic acids is 1. The first-order valence-electron chi connectivity index (χ1n) is 8.56. The van der Waals surface area contributed by atoms with Gasteiger partial charge in [-0.2, -0.15) is 0 Å². The lowest BCUT2D eigenvalue weighted by atomic mass is 10.2. The Kier molecular flexibility index (Phi) is 6.83. The molecule has 152 valence electrons. The Morgan fingerprint density at radius 2 is 1.86 bits per heavy atom. The molecule has 1 aromatic heterocycles. The molecule has 3 rings (SSSR count). The highest BCUT2D eigenvalue weighted by atomic mass is 35.5. The maximum Gasteiger partial charge on any atom is 0.263 e. The Balaban J connectivity index is 1.51. The maximum atomic E-state index is 13.0. The molecule has 2 aromatic carbocycles. The number of nitrogens with zero attached hydrogens (tertiary/aromatic N) is 1. The SMILES string of the molecule is O=C(CCc1csc(NS(=O)(=O)c2ccc(F)cc2)n1)NCc1ccccc1Cl. The second-order valence-electron chi connectivity index (χ2n) is 6.07. The molecule has 3 aromatic rings. The van der Waals surface area contributed by atoms with Crippen molar-refractivity contribution in [2.75, 3.05) is 4.72 Å². The second kappa shape index (κ2) is 9.34. The number of aryl methyl sites for hydroxylation is 1. The topological polar surface area (TPSA) is 88.2 Å². The molecule has 6 nitrogen and oxygen atoms in total. The van der Waals surface area contributed by atoms with Gasteiger partial charge in [-0.1, -0.05) is 29.8 Å². The summed E-state index contributed by atoms with van der Waals surface area (Å²) in [7, 11) is -3.85. The molecule has 0 radical (unpaired) electrons. The van der Waals surface area contributed by atoms with Gasteiger partial charge in [0.2, 0.25) is 5.91 Å². The molecule has 0 aliphatic rings. The highest BCUT2D eigenvalue weighted by Gasteiger charge is 2.16. The zero-order chi connectivity index (χ0) is 20.9. The molecule has 0 aliphatic heterocycles. The number of benzene rings is 2. The number of halogens is 2. The van der Waals surface area contributed by atoms with Gasteiger partial charge >= 0.3 is 0 Å². The third-order valence-electron chi connectivity index (χ3n) is 3.94. The van der Waals surface area contributed by atoms with E-state index < -0.39 is 15.8 Å². The smallest absolute Gasteiger partial charge is 0.263 e. The number of anilines is 1. The number of carbonyl (C=O) groups is 1. The average molecular weight is 454 g/mol. The van der Waals surface area contributed by atoms with Gasteiger partial charge in [-0.15, -0.1) is 11.3 Å². The minimum atomic E-state index is -3.85. The summed E-state index contributed by atoms with van der Waals surface area (Å²) in [6, 6.07) is 11.8. The van der Waals surface area contributed by atoms with Crippen molar-refractivity contribution >= 4 is 44.0 Å². The van der Waals surface area contributed by atoms with E-state index in [1.807, 2.05) is 18.2 Å². The van der Waals surface area contributed by atoms with E-state index in [4.69, 9.17) is 11.6 Å². The average Bonchev–Trinajstić information content (AvgIpc) is 3.12. The van der Waals surface area contributed by atoms with Crippen molar-refractivity contribution in [3.8, 4) is 0 Å². The summed E-state index contributed by atoms with van der Waals surface area (Å²) in [5.41, 5.74) is 1.42. The van der Waals surface area contributed by atoms with Gasteiger partial charge in [0.25, 0.3) is 10.0 Å². The number of rotatable bonds is 8. The molecule has 10 heteroatoms. The number of sulfonamides is 1. The van der Waals surface area contributed by atoms with Crippen LogP contribution in [0.5, 0.6) is 0 Å².